The van der Waals surface area contributed by atoms with E-state index in [-0.39, 0.29) is 11.6 Å². The van der Waals surface area contributed by atoms with E-state index in [1.807, 2.05) is 32.0 Å². The van der Waals surface area contributed by atoms with Gasteiger partial charge in [0.25, 0.3) is 0 Å². The third kappa shape index (κ3) is 3.45. The summed E-state index contributed by atoms with van der Waals surface area (Å²) in [5.41, 5.74) is 5.02. The Morgan fingerprint density at radius 3 is 2.71 bits per heavy atom. The summed E-state index contributed by atoms with van der Waals surface area (Å²) >= 11 is 1.47. The van der Waals surface area contributed by atoms with E-state index in [0.717, 1.165) is 43.1 Å². The molecule has 0 atom stereocenters. The van der Waals surface area contributed by atoms with Gasteiger partial charge in [-0.3, -0.25) is 0 Å². The predicted octanol–water partition coefficient (Wildman–Crippen LogP) is 6.39. The number of nitrogens with zero attached hydrogens (tertiary/aromatic N) is 2. The number of nitrogens with one attached hydrogen (secondary N) is 2. The van der Waals surface area contributed by atoms with Gasteiger partial charge in [0.2, 0.25) is 0 Å². The van der Waals surface area contributed by atoms with Gasteiger partial charge in [0, 0.05) is 28.1 Å². The third-order valence-electron chi connectivity index (χ3n) is 5.55. The van der Waals surface area contributed by atoms with Crippen molar-refractivity contribution in [2.75, 3.05) is 11.9 Å². The molecule has 0 fully saturated rings. The van der Waals surface area contributed by atoms with Crippen LogP contribution >= 0.6 is 11.3 Å². The van der Waals surface area contributed by atoms with E-state index < -0.39 is 0 Å². The van der Waals surface area contributed by atoms with Crippen LogP contribution in [0.2, 0.25) is 0 Å². The first kappa shape index (κ1) is 19.6. The summed E-state index contributed by atoms with van der Waals surface area (Å²) in [6.45, 7) is 4.59. The molecular formula is C24H20F2N4S. The Kier molecular flexibility index (Phi) is 4.90. The number of fused-ring (bicyclic) bond motifs is 2. The largest absolute Gasteiger partial charge is 0.368 e. The number of H-pyrrole nitrogens is 1. The molecule has 3 aromatic heterocycles. The monoisotopic (exact) mass is 434 g/mol. The Balaban J connectivity index is 1.42. The van der Waals surface area contributed by atoms with Gasteiger partial charge >= 0.3 is 0 Å². The highest BCUT2D eigenvalue weighted by atomic mass is 32.1. The van der Waals surface area contributed by atoms with Gasteiger partial charge in [-0.2, -0.15) is 0 Å². The topological polar surface area (TPSA) is 53.6 Å². The first-order chi connectivity index (χ1) is 15.0. The van der Waals surface area contributed by atoms with Crippen molar-refractivity contribution >= 4 is 38.3 Å². The number of benzene rings is 2. The molecule has 3 heterocycles. The minimum Gasteiger partial charge on any atom is -0.368 e. The van der Waals surface area contributed by atoms with E-state index in [1.54, 1.807) is 12.1 Å². The summed E-state index contributed by atoms with van der Waals surface area (Å²) in [7, 11) is 0. The van der Waals surface area contributed by atoms with Crippen molar-refractivity contribution in [3.8, 4) is 10.4 Å². The van der Waals surface area contributed by atoms with E-state index >= 15 is 0 Å². The second kappa shape index (κ2) is 7.74. The van der Waals surface area contributed by atoms with Crippen LogP contribution < -0.4 is 5.32 Å². The summed E-state index contributed by atoms with van der Waals surface area (Å²) in [5.74, 6) is 0.228. The fourth-order valence-electron chi connectivity index (χ4n) is 4.04. The zero-order chi connectivity index (χ0) is 21.5. The Morgan fingerprint density at radius 1 is 1.03 bits per heavy atom. The number of hydrogen-bond donors (Lipinski definition) is 2. The lowest BCUT2D eigenvalue weighted by Crippen LogP contribution is -2.07. The molecule has 0 amide bonds. The van der Waals surface area contributed by atoms with E-state index in [4.69, 9.17) is 0 Å². The molecule has 0 bridgehead atoms. The van der Waals surface area contributed by atoms with E-state index in [2.05, 4.69) is 20.3 Å². The zero-order valence-corrected chi connectivity index (χ0v) is 17.9. The van der Waals surface area contributed by atoms with Crippen LogP contribution in [-0.2, 0) is 6.42 Å². The molecule has 7 heteroatoms. The Bertz CT molecular complexity index is 1420. The molecule has 0 unspecified atom stereocenters. The van der Waals surface area contributed by atoms with Gasteiger partial charge in [-0.15, -0.1) is 11.3 Å². The van der Waals surface area contributed by atoms with Crippen LogP contribution in [-0.4, -0.2) is 21.5 Å². The van der Waals surface area contributed by atoms with Crippen molar-refractivity contribution in [3.63, 3.8) is 0 Å². The number of aromatic nitrogens is 3. The molecule has 2 aromatic carbocycles. The SMILES string of the molecule is Cc1[nH]c2c(F)ccc(C)c2c1CCNc1ncnc2cc(-c3ccccc3F)sc12. The van der Waals surface area contributed by atoms with Crippen LogP contribution in [0.25, 0.3) is 31.6 Å². The van der Waals surface area contributed by atoms with Crippen LogP contribution in [0.5, 0.6) is 0 Å². The molecule has 0 aliphatic rings. The normalized spacial score (nSPS) is 11.5. The molecule has 31 heavy (non-hydrogen) atoms. The maximum absolute atomic E-state index is 14.2. The van der Waals surface area contributed by atoms with Gasteiger partial charge in [-0.05, 0) is 49.6 Å². The molecule has 0 aliphatic carbocycles. The number of hydrogen-bond acceptors (Lipinski definition) is 4. The van der Waals surface area contributed by atoms with Crippen molar-refractivity contribution in [2.24, 2.45) is 0 Å². The summed E-state index contributed by atoms with van der Waals surface area (Å²) in [6, 6.07) is 11.9. The lowest BCUT2D eigenvalue weighted by molar-refractivity contribution is 0.631. The average molecular weight is 435 g/mol. The maximum Gasteiger partial charge on any atom is 0.147 e. The van der Waals surface area contributed by atoms with Gasteiger partial charge in [0.05, 0.1) is 15.7 Å². The first-order valence-electron chi connectivity index (χ1n) is 10.0. The Morgan fingerprint density at radius 2 is 1.87 bits per heavy atom. The molecule has 0 aliphatic heterocycles. The van der Waals surface area contributed by atoms with Crippen molar-refractivity contribution in [1.82, 2.24) is 15.0 Å². The van der Waals surface area contributed by atoms with Gasteiger partial charge in [0.1, 0.15) is 23.8 Å². The minimum atomic E-state index is -0.256. The van der Waals surface area contributed by atoms with Gasteiger partial charge in [-0.1, -0.05) is 24.3 Å². The highest BCUT2D eigenvalue weighted by molar-refractivity contribution is 7.22. The molecule has 5 aromatic rings. The standard InChI is InChI=1S/C24H20F2N4S/c1-13-7-8-18(26)22-21(13)15(14(2)30-22)9-10-27-24-23-19(28-12-29-24)11-20(31-23)16-5-3-4-6-17(16)25/h3-8,11-12,30H,9-10H2,1-2H3,(H,27,28,29). The van der Waals surface area contributed by atoms with Crippen molar-refractivity contribution < 1.29 is 8.78 Å². The van der Waals surface area contributed by atoms with Crippen LogP contribution in [0.1, 0.15) is 16.8 Å². The van der Waals surface area contributed by atoms with Crippen LogP contribution in [0.3, 0.4) is 0 Å². The smallest absolute Gasteiger partial charge is 0.147 e. The summed E-state index contributed by atoms with van der Waals surface area (Å²) in [4.78, 5) is 12.7. The lowest BCUT2D eigenvalue weighted by Gasteiger charge is -2.07. The number of aryl methyl sites for hydroxylation is 2. The Hall–Kier alpha value is -3.32. The predicted molar refractivity (Wildman–Crippen MR) is 123 cm³/mol. The molecule has 4 nitrogen and oxygen atoms in total. The van der Waals surface area contributed by atoms with Crippen molar-refractivity contribution in [3.05, 3.63) is 77.2 Å². The maximum atomic E-state index is 14.2. The van der Waals surface area contributed by atoms with Crippen LogP contribution in [0.15, 0.2) is 48.8 Å². The summed E-state index contributed by atoms with van der Waals surface area (Å²) in [6.07, 6.45) is 2.23. The second-order valence-electron chi connectivity index (χ2n) is 7.55. The van der Waals surface area contributed by atoms with Gasteiger partial charge in [-0.25, -0.2) is 18.7 Å². The fourth-order valence-corrected chi connectivity index (χ4v) is 5.14. The molecule has 5 rings (SSSR count). The molecular weight excluding hydrogens is 414 g/mol. The molecule has 0 saturated carbocycles. The molecule has 0 saturated heterocycles. The zero-order valence-electron chi connectivity index (χ0n) is 17.1. The summed E-state index contributed by atoms with van der Waals surface area (Å²) in [5, 5.41) is 4.34. The molecule has 2 N–H and O–H groups in total. The first-order valence-corrected chi connectivity index (χ1v) is 10.8. The van der Waals surface area contributed by atoms with Crippen LogP contribution in [0, 0.1) is 25.5 Å². The average Bonchev–Trinajstić information content (AvgIpc) is 3.34. The second-order valence-corrected chi connectivity index (χ2v) is 8.60. The number of aromatic amines is 1. The van der Waals surface area contributed by atoms with E-state index in [9.17, 15) is 8.78 Å². The minimum absolute atomic E-state index is 0.236. The Labute approximate surface area is 182 Å². The van der Waals surface area contributed by atoms with E-state index in [0.29, 0.717) is 24.0 Å². The van der Waals surface area contributed by atoms with Gasteiger partial charge < -0.3 is 10.3 Å². The molecule has 0 spiro atoms. The molecule has 156 valence electrons. The summed E-state index contributed by atoms with van der Waals surface area (Å²) < 4.78 is 29.3. The lowest BCUT2D eigenvalue weighted by atomic mass is 10.0. The molecule has 0 radical (unpaired) electrons. The van der Waals surface area contributed by atoms with Gasteiger partial charge in [0.15, 0.2) is 0 Å². The van der Waals surface area contributed by atoms with Crippen molar-refractivity contribution in [2.45, 2.75) is 20.3 Å². The number of anilines is 1. The number of halogens is 2. The van der Waals surface area contributed by atoms with Crippen LogP contribution in [0.4, 0.5) is 14.6 Å². The highest BCUT2D eigenvalue weighted by Crippen LogP contribution is 2.36. The third-order valence-corrected chi connectivity index (χ3v) is 6.71. The number of thiophene rings is 1. The highest BCUT2D eigenvalue weighted by Gasteiger charge is 2.15. The number of rotatable bonds is 5. The van der Waals surface area contributed by atoms with E-state index in [1.165, 1.54) is 29.8 Å². The quantitative estimate of drug-likeness (QED) is 0.337. The fraction of sp³-hybridized carbons (Fsp3) is 0.167. The van der Waals surface area contributed by atoms with Crippen molar-refractivity contribution in [1.29, 1.82) is 0 Å².